The largest absolute Gasteiger partial charge is 0.362 e. The Morgan fingerprint density at radius 2 is 1.08 bits per heavy atom. The van der Waals surface area contributed by atoms with E-state index < -0.39 is 0 Å². The number of nitrogens with zero attached hydrogens (tertiary/aromatic N) is 4. The van der Waals surface area contributed by atoms with Crippen molar-refractivity contribution in [3.8, 4) is 43.1 Å². The lowest BCUT2D eigenvalue weighted by atomic mass is 9.95. The van der Waals surface area contributed by atoms with Gasteiger partial charge in [-0.2, -0.15) is 0 Å². The van der Waals surface area contributed by atoms with Gasteiger partial charge in [0.1, 0.15) is 0 Å². The van der Waals surface area contributed by atoms with Crippen LogP contribution < -0.4 is 10.6 Å². The fraction of sp³-hybridized carbons (Fsp3) is 0.300. The summed E-state index contributed by atoms with van der Waals surface area (Å²) in [7, 11) is 0. The van der Waals surface area contributed by atoms with Crippen molar-refractivity contribution in [1.29, 1.82) is 0 Å². The first-order chi connectivity index (χ1) is 23.5. The Hall–Kier alpha value is -4.40. The molecule has 0 fully saturated rings. The summed E-state index contributed by atoms with van der Waals surface area (Å²) in [6, 6.07) is 19.1. The molecule has 0 bridgehead atoms. The molecule has 2 aromatic carbocycles. The molecule has 0 aliphatic heterocycles. The molecule has 4 heterocycles. The first-order valence-corrected chi connectivity index (χ1v) is 18.6. The summed E-state index contributed by atoms with van der Waals surface area (Å²) in [6.07, 6.45) is 14.7. The molecule has 6 aromatic rings. The molecule has 0 saturated heterocycles. The van der Waals surface area contributed by atoms with Crippen LogP contribution in [0.5, 0.6) is 0 Å². The van der Waals surface area contributed by atoms with Gasteiger partial charge in [0, 0.05) is 72.5 Å². The predicted octanol–water partition coefficient (Wildman–Crippen LogP) is 11.6. The van der Waals surface area contributed by atoms with E-state index in [4.69, 9.17) is 0 Å². The molecule has 0 aliphatic carbocycles. The summed E-state index contributed by atoms with van der Waals surface area (Å²) in [4.78, 5) is 20.0. The number of anilines is 2. The maximum atomic E-state index is 4.49. The Morgan fingerprint density at radius 3 is 1.62 bits per heavy atom. The summed E-state index contributed by atoms with van der Waals surface area (Å²) in [5.74, 6) is 0. The van der Waals surface area contributed by atoms with Crippen LogP contribution in [0.1, 0.15) is 64.2 Å². The van der Waals surface area contributed by atoms with Crippen molar-refractivity contribution >= 4 is 32.9 Å². The van der Waals surface area contributed by atoms with E-state index in [2.05, 4.69) is 120 Å². The molecule has 0 saturated carbocycles. The van der Waals surface area contributed by atoms with Gasteiger partial charge in [-0.05, 0) is 73.1 Å². The normalized spacial score (nSPS) is 10.4. The molecule has 0 radical (unpaired) electrons. The van der Waals surface area contributed by atoms with Crippen molar-refractivity contribution in [3.05, 3.63) is 108 Å². The fourth-order valence-corrected chi connectivity index (χ4v) is 6.97. The Balaban J connectivity index is 0.000000206. The summed E-state index contributed by atoms with van der Waals surface area (Å²) in [6.45, 7) is 16.7. The Kier molecular flexibility index (Phi) is 14.3. The highest BCUT2D eigenvalue weighted by molar-refractivity contribution is 7.19. The van der Waals surface area contributed by atoms with Gasteiger partial charge >= 0.3 is 0 Å². The van der Waals surface area contributed by atoms with E-state index in [1.54, 1.807) is 22.7 Å². The summed E-state index contributed by atoms with van der Waals surface area (Å²) in [5.41, 5.74) is 11.2. The SMILES string of the molecule is CC.CCCNc1ncc(-c2ccncc2-c2cccc(C)c2C)s1.CCCNc1ncc(-c2ccncc2-c2ccccc2CC)s1. The molecule has 0 amide bonds. The molecule has 6 nitrogen and oxygen atoms in total. The monoisotopic (exact) mass is 676 g/mol. The third-order valence-electron chi connectivity index (χ3n) is 7.82. The Bertz CT molecular complexity index is 1860. The minimum absolute atomic E-state index is 0.952. The molecule has 0 spiro atoms. The van der Waals surface area contributed by atoms with E-state index in [0.29, 0.717) is 0 Å². The van der Waals surface area contributed by atoms with Gasteiger partial charge in [0.05, 0.1) is 9.75 Å². The number of aromatic nitrogens is 4. The van der Waals surface area contributed by atoms with E-state index in [-0.39, 0.29) is 0 Å². The van der Waals surface area contributed by atoms with Crippen molar-refractivity contribution in [3.63, 3.8) is 0 Å². The summed E-state index contributed by atoms with van der Waals surface area (Å²) >= 11 is 3.39. The Labute approximate surface area is 294 Å². The first-order valence-electron chi connectivity index (χ1n) is 17.0. The van der Waals surface area contributed by atoms with Crippen LogP contribution in [0.4, 0.5) is 10.3 Å². The smallest absolute Gasteiger partial charge is 0.183 e. The average Bonchev–Trinajstić information content (AvgIpc) is 3.82. The highest BCUT2D eigenvalue weighted by Gasteiger charge is 2.14. The molecule has 0 unspecified atom stereocenters. The van der Waals surface area contributed by atoms with Crippen LogP contribution in [0.2, 0.25) is 0 Å². The second-order valence-electron chi connectivity index (χ2n) is 11.0. The average molecular weight is 677 g/mol. The highest BCUT2D eigenvalue weighted by atomic mass is 32.1. The molecule has 0 aliphatic rings. The van der Waals surface area contributed by atoms with Gasteiger partial charge in [-0.25, -0.2) is 9.97 Å². The molecule has 6 rings (SSSR count). The van der Waals surface area contributed by atoms with Crippen LogP contribution in [0.15, 0.2) is 91.8 Å². The zero-order valence-corrected chi connectivity index (χ0v) is 30.9. The topological polar surface area (TPSA) is 75.6 Å². The quantitative estimate of drug-likeness (QED) is 0.142. The molecular weight excluding hydrogens is 629 g/mol. The number of hydrogen-bond acceptors (Lipinski definition) is 8. The van der Waals surface area contributed by atoms with E-state index in [1.807, 2.05) is 51.0 Å². The maximum Gasteiger partial charge on any atom is 0.183 e. The zero-order chi connectivity index (χ0) is 34.3. The van der Waals surface area contributed by atoms with E-state index in [9.17, 15) is 0 Å². The number of pyridine rings is 2. The van der Waals surface area contributed by atoms with Crippen molar-refractivity contribution in [2.45, 2.75) is 67.7 Å². The zero-order valence-electron chi connectivity index (χ0n) is 29.3. The van der Waals surface area contributed by atoms with Crippen LogP contribution >= 0.6 is 22.7 Å². The highest BCUT2D eigenvalue weighted by Crippen LogP contribution is 2.38. The number of thiazole rings is 2. The number of aryl methyl sites for hydroxylation is 2. The van der Waals surface area contributed by atoms with Gasteiger partial charge in [0.2, 0.25) is 0 Å². The van der Waals surface area contributed by atoms with E-state index in [0.717, 1.165) is 42.6 Å². The van der Waals surface area contributed by atoms with Crippen molar-refractivity contribution in [1.82, 2.24) is 19.9 Å². The van der Waals surface area contributed by atoms with Crippen LogP contribution in [-0.4, -0.2) is 33.0 Å². The second kappa shape index (κ2) is 18.8. The van der Waals surface area contributed by atoms with Gasteiger partial charge in [0.25, 0.3) is 0 Å². The lowest BCUT2D eigenvalue weighted by molar-refractivity contribution is 0.976. The van der Waals surface area contributed by atoms with Gasteiger partial charge in [0.15, 0.2) is 10.3 Å². The lowest BCUT2D eigenvalue weighted by Crippen LogP contribution is -1.97. The van der Waals surface area contributed by atoms with Crippen LogP contribution in [0.25, 0.3) is 43.1 Å². The number of nitrogens with one attached hydrogen (secondary N) is 2. The van der Waals surface area contributed by atoms with Crippen molar-refractivity contribution in [2.24, 2.45) is 0 Å². The van der Waals surface area contributed by atoms with Gasteiger partial charge in [-0.1, -0.05) is 99.8 Å². The molecular formula is C40H48N6S2. The van der Waals surface area contributed by atoms with Crippen molar-refractivity contribution < 1.29 is 0 Å². The summed E-state index contributed by atoms with van der Waals surface area (Å²) in [5, 5.41) is 8.67. The summed E-state index contributed by atoms with van der Waals surface area (Å²) < 4.78 is 0. The molecule has 2 N–H and O–H groups in total. The fourth-order valence-electron chi connectivity index (χ4n) is 5.21. The minimum atomic E-state index is 0.952. The minimum Gasteiger partial charge on any atom is -0.362 e. The van der Waals surface area contributed by atoms with Gasteiger partial charge in [-0.15, -0.1) is 0 Å². The number of hydrogen-bond donors (Lipinski definition) is 2. The third kappa shape index (κ3) is 9.14. The predicted molar refractivity (Wildman–Crippen MR) is 209 cm³/mol. The Morgan fingerprint density at radius 1 is 0.562 bits per heavy atom. The van der Waals surface area contributed by atoms with Crippen LogP contribution in [0.3, 0.4) is 0 Å². The number of benzene rings is 2. The first kappa shape index (κ1) is 36.4. The molecule has 250 valence electrons. The molecule has 8 heteroatoms. The molecule has 48 heavy (non-hydrogen) atoms. The molecule has 0 atom stereocenters. The lowest BCUT2D eigenvalue weighted by Gasteiger charge is -2.12. The third-order valence-corrected chi connectivity index (χ3v) is 9.80. The van der Waals surface area contributed by atoms with E-state index >= 15 is 0 Å². The molecule has 4 aromatic heterocycles. The second-order valence-corrected chi connectivity index (χ2v) is 13.1. The van der Waals surface area contributed by atoms with Gasteiger partial charge < -0.3 is 10.6 Å². The van der Waals surface area contributed by atoms with Crippen molar-refractivity contribution in [2.75, 3.05) is 23.7 Å². The van der Waals surface area contributed by atoms with Gasteiger partial charge in [-0.3, -0.25) is 9.97 Å². The van der Waals surface area contributed by atoms with Crippen LogP contribution in [0, 0.1) is 13.8 Å². The standard InChI is InChI=1S/2C19H21N3S.C2H6/c1-4-9-21-19-22-12-18(23-19)16-8-10-20-11-17(16)15-7-5-6-13(2)14(15)3;1-3-10-21-19-22-13-18(23-19)16-9-11-20-12-17(16)15-8-6-5-7-14(15)4-2;1-2/h5-8,10-12H,4,9H2,1-3H3,(H,21,22);5-9,11-13H,3-4,10H2,1-2H3,(H,21,22);1-2H3. The van der Waals surface area contributed by atoms with E-state index in [1.165, 1.54) is 59.8 Å². The number of rotatable bonds is 11. The maximum absolute atomic E-state index is 4.49. The van der Waals surface area contributed by atoms with Crippen LogP contribution in [-0.2, 0) is 6.42 Å².